The maximum atomic E-state index is 12.5. The SMILES string of the molecule is COc1cc(S(=O)(=O)N2CCC(CN)C2)ccc1Br. The van der Waals surface area contributed by atoms with Crippen LogP contribution >= 0.6 is 15.9 Å². The molecule has 0 bridgehead atoms. The molecule has 5 nitrogen and oxygen atoms in total. The fraction of sp³-hybridized carbons (Fsp3) is 0.500. The number of ether oxygens (including phenoxy) is 1. The van der Waals surface area contributed by atoms with Gasteiger partial charge in [0.2, 0.25) is 10.0 Å². The summed E-state index contributed by atoms with van der Waals surface area (Å²) in [4.78, 5) is 0.255. The second-order valence-corrected chi connectivity index (χ2v) is 7.34. The first-order chi connectivity index (χ1) is 8.98. The lowest BCUT2D eigenvalue weighted by molar-refractivity contribution is 0.410. The van der Waals surface area contributed by atoms with E-state index in [0.29, 0.717) is 25.4 Å². The van der Waals surface area contributed by atoms with Gasteiger partial charge in [-0.15, -0.1) is 0 Å². The zero-order chi connectivity index (χ0) is 14.0. The maximum Gasteiger partial charge on any atom is 0.243 e. The van der Waals surface area contributed by atoms with E-state index >= 15 is 0 Å². The quantitative estimate of drug-likeness (QED) is 0.893. The van der Waals surface area contributed by atoms with Crippen LogP contribution in [0, 0.1) is 5.92 Å². The number of benzene rings is 1. The molecule has 0 radical (unpaired) electrons. The van der Waals surface area contributed by atoms with E-state index in [0.717, 1.165) is 10.9 Å². The van der Waals surface area contributed by atoms with Gasteiger partial charge in [-0.1, -0.05) is 0 Å². The zero-order valence-electron chi connectivity index (χ0n) is 10.7. The summed E-state index contributed by atoms with van der Waals surface area (Å²) in [6, 6.07) is 4.80. The van der Waals surface area contributed by atoms with Gasteiger partial charge in [-0.3, -0.25) is 0 Å². The van der Waals surface area contributed by atoms with Gasteiger partial charge in [-0.05, 0) is 46.9 Å². The summed E-state index contributed by atoms with van der Waals surface area (Å²) in [5.74, 6) is 0.766. The van der Waals surface area contributed by atoms with E-state index < -0.39 is 10.0 Å². The summed E-state index contributed by atoms with van der Waals surface area (Å²) >= 11 is 3.31. The average Bonchev–Trinajstić information content (AvgIpc) is 2.88. The summed E-state index contributed by atoms with van der Waals surface area (Å²) in [6.07, 6.45) is 0.823. The molecule has 0 spiro atoms. The second kappa shape index (κ2) is 5.78. The standard InChI is InChI=1S/C12H17BrN2O3S/c1-18-12-6-10(2-3-11(12)13)19(16,17)15-5-4-9(7-14)8-15/h2-3,6,9H,4-5,7-8,14H2,1H3. The lowest BCUT2D eigenvalue weighted by Gasteiger charge is -2.17. The van der Waals surface area contributed by atoms with Crippen molar-refractivity contribution in [2.75, 3.05) is 26.7 Å². The fourth-order valence-corrected chi connectivity index (χ4v) is 4.11. The van der Waals surface area contributed by atoms with Crippen molar-refractivity contribution in [3.05, 3.63) is 22.7 Å². The minimum absolute atomic E-state index is 0.255. The van der Waals surface area contributed by atoms with E-state index in [9.17, 15) is 8.42 Å². The van der Waals surface area contributed by atoms with E-state index in [-0.39, 0.29) is 10.8 Å². The molecule has 1 heterocycles. The molecule has 1 aromatic carbocycles. The number of hydrogen-bond donors (Lipinski definition) is 1. The minimum Gasteiger partial charge on any atom is -0.496 e. The predicted molar refractivity (Wildman–Crippen MR) is 76.6 cm³/mol. The molecule has 1 fully saturated rings. The van der Waals surface area contributed by atoms with Crippen molar-refractivity contribution >= 4 is 26.0 Å². The van der Waals surface area contributed by atoms with Gasteiger partial charge in [0.15, 0.2) is 0 Å². The summed E-state index contributed by atoms with van der Waals surface area (Å²) in [5, 5.41) is 0. The molecule has 1 aliphatic rings. The molecule has 106 valence electrons. The van der Waals surface area contributed by atoms with Crippen molar-refractivity contribution in [3.8, 4) is 5.75 Å². The number of sulfonamides is 1. The molecule has 0 amide bonds. The lowest BCUT2D eigenvalue weighted by Crippen LogP contribution is -2.30. The lowest BCUT2D eigenvalue weighted by atomic mass is 10.1. The van der Waals surface area contributed by atoms with E-state index in [1.54, 1.807) is 12.1 Å². The Hall–Kier alpha value is -0.630. The van der Waals surface area contributed by atoms with Crippen LogP contribution in [0.15, 0.2) is 27.6 Å². The molecule has 0 saturated carbocycles. The number of rotatable bonds is 4. The Balaban J connectivity index is 2.30. The van der Waals surface area contributed by atoms with Gasteiger partial charge < -0.3 is 10.5 Å². The topological polar surface area (TPSA) is 72.6 Å². The highest BCUT2D eigenvalue weighted by Gasteiger charge is 2.32. The number of methoxy groups -OCH3 is 1. The molecule has 1 aromatic rings. The first kappa shape index (κ1) is 14.8. The van der Waals surface area contributed by atoms with Gasteiger partial charge in [0.25, 0.3) is 0 Å². The van der Waals surface area contributed by atoms with Crippen LogP contribution in [0.3, 0.4) is 0 Å². The molecular formula is C12H17BrN2O3S. The van der Waals surface area contributed by atoms with Gasteiger partial charge in [-0.25, -0.2) is 8.42 Å². The van der Waals surface area contributed by atoms with Crippen molar-refractivity contribution in [2.24, 2.45) is 11.7 Å². The third-order valence-corrected chi connectivity index (χ3v) is 5.86. The molecule has 0 aliphatic carbocycles. The normalized spacial score (nSPS) is 20.7. The summed E-state index contributed by atoms with van der Waals surface area (Å²) < 4.78 is 32.3. The molecule has 1 unspecified atom stereocenters. The number of nitrogens with two attached hydrogens (primary N) is 1. The molecule has 0 aromatic heterocycles. The molecule has 1 aliphatic heterocycles. The van der Waals surface area contributed by atoms with E-state index in [4.69, 9.17) is 10.5 Å². The number of nitrogens with zero attached hydrogens (tertiary/aromatic N) is 1. The van der Waals surface area contributed by atoms with Crippen molar-refractivity contribution in [2.45, 2.75) is 11.3 Å². The van der Waals surface area contributed by atoms with Crippen molar-refractivity contribution in [3.63, 3.8) is 0 Å². The number of hydrogen-bond acceptors (Lipinski definition) is 4. The smallest absolute Gasteiger partial charge is 0.243 e. The maximum absolute atomic E-state index is 12.5. The highest BCUT2D eigenvalue weighted by molar-refractivity contribution is 9.10. The Morgan fingerprint density at radius 3 is 2.84 bits per heavy atom. The largest absolute Gasteiger partial charge is 0.496 e. The average molecular weight is 349 g/mol. The van der Waals surface area contributed by atoms with Crippen LogP contribution in [0.1, 0.15) is 6.42 Å². The summed E-state index contributed by atoms with van der Waals surface area (Å²) in [7, 11) is -1.94. The molecule has 19 heavy (non-hydrogen) atoms. The molecule has 7 heteroatoms. The van der Waals surface area contributed by atoms with Crippen molar-refractivity contribution < 1.29 is 13.2 Å². The first-order valence-electron chi connectivity index (χ1n) is 6.02. The van der Waals surface area contributed by atoms with Crippen molar-refractivity contribution in [1.82, 2.24) is 4.31 Å². The highest BCUT2D eigenvalue weighted by atomic mass is 79.9. The van der Waals surface area contributed by atoms with Crippen LogP contribution in [0.2, 0.25) is 0 Å². The van der Waals surface area contributed by atoms with Crippen LogP contribution in [0.5, 0.6) is 5.75 Å². The Labute approximate surface area is 121 Å². The zero-order valence-corrected chi connectivity index (χ0v) is 13.1. The Bertz CT molecular complexity index is 562. The Kier molecular flexibility index (Phi) is 4.50. The minimum atomic E-state index is -3.45. The Morgan fingerprint density at radius 2 is 2.26 bits per heavy atom. The van der Waals surface area contributed by atoms with Gasteiger partial charge >= 0.3 is 0 Å². The van der Waals surface area contributed by atoms with E-state index in [1.165, 1.54) is 17.5 Å². The first-order valence-corrected chi connectivity index (χ1v) is 8.26. The molecule has 2 N–H and O–H groups in total. The van der Waals surface area contributed by atoms with Crippen LogP contribution in [-0.2, 0) is 10.0 Å². The van der Waals surface area contributed by atoms with Crippen LogP contribution < -0.4 is 10.5 Å². The third-order valence-electron chi connectivity index (χ3n) is 3.34. The molecule has 1 saturated heterocycles. The van der Waals surface area contributed by atoms with Gasteiger partial charge in [0, 0.05) is 19.2 Å². The third kappa shape index (κ3) is 2.94. The summed E-state index contributed by atoms with van der Waals surface area (Å²) in [6.45, 7) is 1.55. The van der Waals surface area contributed by atoms with Crippen molar-refractivity contribution in [1.29, 1.82) is 0 Å². The van der Waals surface area contributed by atoms with E-state index in [1.807, 2.05) is 0 Å². The molecular weight excluding hydrogens is 332 g/mol. The predicted octanol–water partition coefficient (Wildman–Crippen LogP) is 1.43. The fourth-order valence-electron chi connectivity index (χ4n) is 2.16. The second-order valence-electron chi connectivity index (χ2n) is 4.55. The van der Waals surface area contributed by atoms with Gasteiger partial charge in [0.1, 0.15) is 5.75 Å². The molecule has 2 rings (SSSR count). The molecule has 1 atom stereocenters. The van der Waals surface area contributed by atoms with Gasteiger partial charge in [0.05, 0.1) is 16.5 Å². The summed E-state index contributed by atoms with van der Waals surface area (Å²) in [5.41, 5.74) is 5.60. The highest BCUT2D eigenvalue weighted by Crippen LogP contribution is 2.30. The monoisotopic (exact) mass is 348 g/mol. The van der Waals surface area contributed by atoms with Gasteiger partial charge in [-0.2, -0.15) is 4.31 Å². The van der Waals surface area contributed by atoms with Crippen LogP contribution in [0.25, 0.3) is 0 Å². The van der Waals surface area contributed by atoms with E-state index in [2.05, 4.69) is 15.9 Å². The van der Waals surface area contributed by atoms with Crippen LogP contribution in [0.4, 0.5) is 0 Å². The van der Waals surface area contributed by atoms with Crippen LogP contribution in [-0.4, -0.2) is 39.5 Å². The Morgan fingerprint density at radius 1 is 1.53 bits per heavy atom. The number of halogens is 1.